The number of nitrogens with one attached hydrogen (secondary N) is 2. The number of aromatic nitrogens is 1. The average molecular weight is 524 g/mol. The van der Waals surface area contributed by atoms with Crippen LogP contribution < -0.4 is 19.7 Å². The van der Waals surface area contributed by atoms with Gasteiger partial charge in [-0.25, -0.2) is 9.78 Å². The third-order valence-corrected chi connectivity index (χ3v) is 6.50. The number of carbonyl (C=O) groups excluding carboxylic acids is 3. The fraction of sp³-hybridized carbons (Fsp3) is 0.444. The Balaban J connectivity index is 1.67. The Bertz CT molecular complexity index is 1320. The van der Waals surface area contributed by atoms with Crippen LogP contribution in [0.1, 0.15) is 65.4 Å². The molecule has 1 saturated heterocycles. The van der Waals surface area contributed by atoms with Crippen LogP contribution in [0.5, 0.6) is 11.5 Å². The van der Waals surface area contributed by atoms with E-state index in [2.05, 4.69) is 10.3 Å². The van der Waals surface area contributed by atoms with Crippen LogP contribution in [-0.4, -0.2) is 74.0 Å². The van der Waals surface area contributed by atoms with Crippen LogP contribution in [0, 0.1) is 5.41 Å². The molecule has 1 fully saturated rings. The molecule has 0 bridgehead atoms. The van der Waals surface area contributed by atoms with Crippen LogP contribution in [-0.2, 0) is 16.7 Å². The number of benzene rings is 1. The van der Waals surface area contributed by atoms with E-state index in [1.807, 2.05) is 27.7 Å². The average Bonchev–Trinajstić information content (AvgIpc) is 3.44. The molecule has 11 heteroatoms. The molecule has 2 aliphatic rings. The van der Waals surface area contributed by atoms with Crippen molar-refractivity contribution in [1.29, 1.82) is 5.41 Å². The fourth-order valence-electron chi connectivity index (χ4n) is 4.60. The number of rotatable bonds is 8. The standard InChI is InChI=1S/C27H33N5O6/c1-7-37-20-12-16-13-31(24(28)21(16)30-22(20)25(34)29-5)14-19(33)15-10-17(27(2,3)4)23(36-6)18(11-15)32-8-9-38-26(32)35/h10-12,28H,7-9,13-14H2,1-6H3,(H,29,34). The highest BCUT2D eigenvalue weighted by molar-refractivity contribution is 6.06. The minimum atomic E-state index is -0.493. The second kappa shape index (κ2) is 10.3. The van der Waals surface area contributed by atoms with Gasteiger partial charge in [0.15, 0.2) is 17.2 Å². The molecule has 1 aromatic heterocycles. The maximum atomic E-state index is 13.6. The van der Waals surface area contributed by atoms with Crippen molar-refractivity contribution in [3.63, 3.8) is 0 Å². The van der Waals surface area contributed by atoms with Gasteiger partial charge in [0.1, 0.15) is 23.9 Å². The lowest BCUT2D eigenvalue weighted by atomic mass is 9.84. The molecule has 0 aliphatic carbocycles. The van der Waals surface area contributed by atoms with E-state index in [0.717, 1.165) is 5.56 Å². The van der Waals surface area contributed by atoms with Gasteiger partial charge >= 0.3 is 6.09 Å². The van der Waals surface area contributed by atoms with Gasteiger partial charge in [-0.15, -0.1) is 0 Å². The summed E-state index contributed by atoms with van der Waals surface area (Å²) in [5.41, 5.74) is 2.39. The van der Waals surface area contributed by atoms with E-state index in [1.165, 1.54) is 19.1 Å². The number of Topliss-reactive ketones (excluding diaryl/α,β-unsaturated/α-hetero) is 1. The molecule has 2 N–H and O–H groups in total. The van der Waals surface area contributed by atoms with Crippen LogP contribution in [0.4, 0.5) is 10.5 Å². The van der Waals surface area contributed by atoms with Crippen molar-refractivity contribution < 1.29 is 28.6 Å². The van der Waals surface area contributed by atoms with Crippen molar-refractivity contribution in [2.45, 2.75) is 39.7 Å². The van der Waals surface area contributed by atoms with Gasteiger partial charge in [0, 0.05) is 30.3 Å². The molecule has 0 radical (unpaired) electrons. The topological polar surface area (TPSA) is 134 Å². The Labute approximate surface area is 221 Å². The number of hydrogen-bond acceptors (Lipinski definition) is 8. The fourth-order valence-corrected chi connectivity index (χ4v) is 4.60. The summed E-state index contributed by atoms with van der Waals surface area (Å²) in [6.45, 7) is 8.96. The van der Waals surface area contributed by atoms with E-state index in [4.69, 9.17) is 19.6 Å². The number of ketones is 1. The van der Waals surface area contributed by atoms with Crippen LogP contribution in [0.15, 0.2) is 18.2 Å². The first-order valence-corrected chi connectivity index (χ1v) is 12.4. The summed E-state index contributed by atoms with van der Waals surface area (Å²) in [5.74, 6) is 0.248. The number of amidine groups is 1. The van der Waals surface area contributed by atoms with E-state index in [-0.39, 0.29) is 42.4 Å². The first-order valence-electron chi connectivity index (χ1n) is 12.4. The zero-order valence-electron chi connectivity index (χ0n) is 22.6. The van der Waals surface area contributed by atoms with E-state index < -0.39 is 12.0 Å². The zero-order chi connectivity index (χ0) is 27.8. The van der Waals surface area contributed by atoms with Gasteiger partial charge in [0.2, 0.25) is 0 Å². The van der Waals surface area contributed by atoms with Gasteiger partial charge in [0.25, 0.3) is 5.91 Å². The quantitative estimate of drug-likeness (QED) is 0.504. The highest BCUT2D eigenvalue weighted by atomic mass is 16.6. The van der Waals surface area contributed by atoms with Crippen LogP contribution in [0.2, 0.25) is 0 Å². The molecule has 2 amide bonds. The largest absolute Gasteiger partial charge is 0.494 e. The predicted octanol–water partition coefficient (Wildman–Crippen LogP) is 3.13. The van der Waals surface area contributed by atoms with E-state index >= 15 is 0 Å². The van der Waals surface area contributed by atoms with Gasteiger partial charge in [-0.3, -0.25) is 19.9 Å². The molecule has 0 spiro atoms. The van der Waals surface area contributed by atoms with E-state index in [9.17, 15) is 14.4 Å². The molecule has 3 heterocycles. The van der Waals surface area contributed by atoms with Crippen molar-refractivity contribution in [1.82, 2.24) is 15.2 Å². The predicted molar refractivity (Wildman–Crippen MR) is 141 cm³/mol. The summed E-state index contributed by atoms with van der Waals surface area (Å²) >= 11 is 0. The van der Waals surface area contributed by atoms with Gasteiger partial charge in [-0.2, -0.15) is 0 Å². The number of cyclic esters (lactones) is 1. The number of anilines is 1. The molecule has 2 aliphatic heterocycles. The number of nitrogens with zero attached hydrogens (tertiary/aromatic N) is 3. The Morgan fingerprint density at radius 2 is 1.97 bits per heavy atom. The maximum Gasteiger partial charge on any atom is 0.414 e. The minimum Gasteiger partial charge on any atom is -0.494 e. The smallest absolute Gasteiger partial charge is 0.414 e. The Morgan fingerprint density at radius 3 is 2.55 bits per heavy atom. The lowest BCUT2D eigenvalue weighted by Gasteiger charge is -2.27. The molecule has 202 valence electrons. The number of amides is 2. The SMILES string of the molecule is CCOc1cc2c(nc1C(=O)NC)C(=N)N(CC(=O)c1cc(N3CCOC3=O)c(OC)c(C(C)(C)C)c1)C2. The number of pyridine rings is 1. The van der Waals surface area contributed by atoms with Gasteiger partial charge in [-0.1, -0.05) is 20.8 Å². The zero-order valence-corrected chi connectivity index (χ0v) is 22.6. The van der Waals surface area contributed by atoms with Gasteiger partial charge < -0.3 is 24.4 Å². The lowest BCUT2D eigenvalue weighted by molar-refractivity contribution is 0.0949. The van der Waals surface area contributed by atoms with Crippen molar-refractivity contribution in [3.05, 3.63) is 46.3 Å². The second-order valence-electron chi connectivity index (χ2n) is 10.1. The Kier molecular flexibility index (Phi) is 7.30. The number of fused-ring (bicyclic) bond motifs is 1. The highest BCUT2D eigenvalue weighted by Crippen LogP contribution is 2.41. The Morgan fingerprint density at radius 1 is 1.24 bits per heavy atom. The number of ether oxygens (including phenoxy) is 3. The summed E-state index contributed by atoms with van der Waals surface area (Å²) in [6.07, 6.45) is -0.493. The lowest BCUT2D eigenvalue weighted by Crippen LogP contribution is -2.31. The first kappa shape index (κ1) is 26.9. The molecule has 0 unspecified atom stereocenters. The number of hydrogen-bond donors (Lipinski definition) is 2. The van der Waals surface area contributed by atoms with E-state index in [1.54, 1.807) is 23.1 Å². The maximum absolute atomic E-state index is 13.6. The molecule has 2 aromatic rings. The van der Waals surface area contributed by atoms with Crippen molar-refractivity contribution in [2.75, 3.05) is 45.4 Å². The molecular formula is C27H33N5O6. The monoisotopic (exact) mass is 523 g/mol. The van der Waals surface area contributed by atoms with E-state index in [0.29, 0.717) is 47.2 Å². The highest BCUT2D eigenvalue weighted by Gasteiger charge is 2.34. The molecule has 4 rings (SSSR count). The van der Waals surface area contributed by atoms with Crippen LogP contribution in [0.3, 0.4) is 0 Å². The third kappa shape index (κ3) is 4.88. The van der Waals surface area contributed by atoms with Crippen molar-refractivity contribution in [3.8, 4) is 11.5 Å². The third-order valence-electron chi connectivity index (χ3n) is 6.50. The Hall–Kier alpha value is -4.15. The minimum absolute atomic E-state index is 0.0504. The van der Waals surface area contributed by atoms with Gasteiger partial charge in [0.05, 0.1) is 32.5 Å². The molecule has 38 heavy (non-hydrogen) atoms. The summed E-state index contributed by atoms with van der Waals surface area (Å²) in [6, 6.07) is 5.14. The van der Waals surface area contributed by atoms with Crippen molar-refractivity contribution in [2.24, 2.45) is 0 Å². The van der Waals surface area contributed by atoms with Crippen molar-refractivity contribution >= 4 is 29.3 Å². The van der Waals surface area contributed by atoms with Crippen LogP contribution >= 0.6 is 0 Å². The summed E-state index contributed by atoms with van der Waals surface area (Å²) < 4.78 is 16.4. The normalized spacial score (nSPS) is 14.9. The molecule has 11 nitrogen and oxygen atoms in total. The second-order valence-corrected chi connectivity index (χ2v) is 10.1. The van der Waals surface area contributed by atoms with Crippen LogP contribution in [0.25, 0.3) is 0 Å². The first-order chi connectivity index (χ1) is 18.0. The summed E-state index contributed by atoms with van der Waals surface area (Å²) in [4.78, 5) is 45.8. The molecule has 0 atom stereocenters. The molecular weight excluding hydrogens is 490 g/mol. The van der Waals surface area contributed by atoms with Gasteiger partial charge in [-0.05, 0) is 30.5 Å². The summed E-state index contributed by atoms with van der Waals surface area (Å²) in [7, 11) is 3.04. The number of carbonyl (C=O) groups is 3. The number of methoxy groups -OCH3 is 1. The molecule has 1 aromatic carbocycles. The molecule has 0 saturated carbocycles. The summed E-state index contributed by atoms with van der Waals surface area (Å²) in [5, 5.41) is 11.2.